The van der Waals surface area contributed by atoms with Crippen molar-refractivity contribution in [1.29, 1.82) is 10.5 Å². The van der Waals surface area contributed by atoms with Crippen molar-refractivity contribution in [2.24, 2.45) is 4.99 Å². The van der Waals surface area contributed by atoms with Crippen LogP contribution in [0.1, 0.15) is 29.2 Å². The number of hydrogen-bond donors (Lipinski definition) is 0. The van der Waals surface area contributed by atoms with Gasteiger partial charge in [0.1, 0.15) is 12.1 Å². The maximum absolute atomic E-state index is 12.9. The van der Waals surface area contributed by atoms with Crippen molar-refractivity contribution in [2.45, 2.75) is 19.3 Å². The lowest BCUT2D eigenvalue weighted by molar-refractivity contribution is -0.143. The van der Waals surface area contributed by atoms with Crippen LogP contribution in [0.15, 0.2) is 11.1 Å². The fourth-order valence-electron chi connectivity index (χ4n) is 1.65. The molecular weight excluding hydrogens is 300 g/mol. The van der Waals surface area contributed by atoms with Crippen molar-refractivity contribution in [2.75, 3.05) is 0 Å². The van der Waals surface area contributed by atoms with Gasteiger partial charge in [0.2, 0.25) is 0 Å². The summed E-state index contributed by atoms with van der Waals surface area (Å²) in [6.45, 7) is 1.26. The minimum absolute atomic E-state index is 0.256. The SMILES string of the molecule is CC=Nc1cc(C(F)(F)F)c(C#N)c(C(F)(F)F)c1C#N. The Labute approximate surface area is 114 Å². The predicted molar refractivity (Wildman–Crippen MR) is 59.7 cm³/mol. The van der Waals surface area contributed by atoms with E-state index in [1.807, 2.05) is 0 Å². The molecule has 0 radical (unpaired) electrons. The summed E-state index contributed by atoms with van der Waals surface area (Å²) in [5.41, 5.74) is -7.26. The molecule has 0 N–H and O–H groups in total. The van der Waals surface area contributed by atoms with Gasteiger partial charge in [-0.2, -0.15) is 36.9 Å². The molecule has 1 aromatic carbocycles. The first-order chi connectivity index (χ1) is 9.57. The van der Waals surface area contributed by atoms with Crippen molar-refractivity contribution in [3.63, 3.8) is 0 Å². The van der Waals surface area contributed by atoms with E-state index in [0.717, 1.165) is 18.4 Å². The van der Waals surface area contributed by atoms with Crippen LogP contribution in [0, 0.1) is 22.7 Å². The van der Waals surface area contributed by atoms with E-state index in [2.05, 4.69) is 4.99 Å². The fourth-order valence-corrected chi connectivity index (χ4v) is 1.65. The van der Waals surface area contributed by atoms with Crippen LogP contribution < -0.4 is 0 Å². The second kappa shape index (κ2) is 5.44. The van der Waals surface area contributed by atoms with Crippen molar-refractivity contribution in [1.82, 2.24) is 0 Å². The first-order valence-electron chi connectivity index (χ1n) is 5.22. The Balaban J connectivity index is 4.04. The van der Waals surface area contributed by atoms with Crippen molar-refractivity contribution in [3.05, 3.63) is 28.3 Å². The summed E-state index contributed by atoms with van der Waals surface area (Å²) < 4.78 is 77.3. The van der Waals surface area contributed by atoms with Crippen LogP contribution in [-0.4, -0.2) is 6.21 Å². The maximum atomic E-state index is 12.9. The highest BCUT2D eigenvalue weighted by Crippen LogP contribution is 2.44. The van der Waals surface area contributed by atoms with Gasteiger partial charge in [-0.15, -0.1) is 0 Å². The highest BCUT2D eigenvalue weighted by molar-refractivity contribution is 5.71. The summed E-state index contributed by atoms with van der Waals surface area (Å²) in [6.07, 6.45) is -9.53. The molecule has 3 nitrogen and oxygen atoms in total. The highest BCUT2D eigenvalue weighted by Gasteiger charge is 2.44. The van der Waals surface area contributed by atoms with E-state index < -0.39 is 40.3 Å². The van der Waals surface area contributed by atoms with Crippen LogP contribution >= 0.6 is 0 Å². The predicted octanol–water partition coefficient (Wildman–Crippen LogP) is 4.19. The highest BCUT2D eigenvalue weighted by atomic mass is 19.4. The summed E-state index contributed by atoms with van der Waals surface area (Å²) in [4.78, 5) is 3.34. The number of halogens is 6. The third-order valence-corrected chi connectivity index (χ3v) is 2.39. The second-order valence-corrected chi connectivity index (χ2v) is 3.67. The number of rotatable bonds is 1. The molecule has 0 atom stereocenters. The van der Waals surface area contributed by atoms with Gasteiger partial charge in [-0.25, -0.2) is 0 Å². The van der Waals surface area contributed by atoms with Gasteiger partial charge in [-0.3, -0.25) is 4.99 Å². The van der Waals surface area contributed by atoms with E-state index in [4.69, 9.17) is 10.5 Å². The van der Waals surface area contributed by atoms with E-state index in [9.17, 15) is 26.3 Å². The molecule has 110 valence electrons. The Hall–Kier alpha value is -2.55. The summed E-state index contributed by atoms with van der Waals surface area (Å²) in [5.74, 6) is 0. The van der Waals surface area contributed by atoms with Crippen molar-refractivity contribution >= 4 is 11.9 Å². The first kappa shape index (κ1) is 16.5. The van der Waals surface area contributed by atoms with Gasteiger partial charge in [0.25, 0.3) is 0 Å². The average Bonchev–Trinajstić information content (AvgIpc) is 2.35. The van der Waals surface area contributed by atoms with Gasteiger partial charge in [0.15, 0.2) is 0 Å². The van der Waals surface area contributed by atoms with Crippen LogP contribution in [0.3, 0.4) is 0 Å². The molecule has 0 aliphatic carbocycles. The molecule has 0 aliphatic rings. The van der Waals surface area contributed by atoms with E-state index in [1.54, 1.807) is 0 Å². The van der Waals surface area contributed by atoms with Gasteiger partial charge >= 0.3 is 12.4 Å². The van der Waals surface area contributed by atoms with Gasteiger partial charge < -0.3 is 0 Å². The summed E-state index contributed by atoms with van der Waals surface area (Å²) in [5, 5.41) is 17.5. The molecule has 0 bridgehead atoms. The normalized spacial score (nSPS) is 12.2. The molecule has 0 aromatic heterocycles. The minimum Gasteiger partial charge on any atom is -0.260 e. The Morgan fingerprint density at radius 3 is 1.86 bits per heavy atom. The molecule has 1 rings (SSSR count). The van der Waals surface area contributed by atoms with E-state index in [0.29, 0.717) is 0 Å². The molecule has 0 aliphatic heterocycles. The van der Waals surface area contributed by atoms with Crippen LogP contribution in [-0.2, 0) is 12.4 Å². The largest absolute Gasteiger partial charge is 0.419 e. The zero-order valence-corrected chi connectivity index (χ0v) is 10.3. The summed E-state index contributed by atoms with van der Waals surface area (Å²) in [6, 6.07) is 2.29. The smallest absolute Gasteiger partial charge is 0.260 e. The quantitative estimate of drug-likeness (QED) is 0.577. The maximum Gasteiger partial charge on any atom is 0.419 e. The van der Waals surface area contributed by atoms with Crippen LogP contribution in [0.2, 0.25) is 0 Å². The third-order valence-electron chi connectivity index (χ3n) is 2.39. The molecule has 21 heavy (non-hydrogen) atoms. The fraction of sp³-hybridized carbons (Fsp3) is 0.250. The summed E-state index contributed by atoms with van der Waals surface area (Å²) >= 11 is 0. The number of benzene rings is 1. The topological polar surface area (TPSA) is 59.9 Å². The number of hydrogen-bond acceptors (Lipinski definition) is 3. The lowest BCUT2D eigenvalue weighted by Gasteiger charge is -2.17. The van der Waals surface area contributed by atoms with Crippen molar-refractivity contribution in [3.8, 4) is 12.1 Å². The Kier molecular flexibility index (Phi) is 4.28. The van der Waals surface area contributed by atoms with Gasteiger partial charge in [0.05, 0.1) is 27.9 Å². The second-order valence-electron chi connectivity index (χ2n) is 3.67. The number of aliphatic imine (C=N–C) groups is 1. The van der Waals surface area contributed by atoms with Crippen molar-refractivity contribution < 1.29 is 26.3 Å². The van der Waals surface area contributed by atoms with Gasteiger partial charge in [0, 0.05) is 6.21 Å². The Morgan fingerprint density at radius 1 is 1.00 bits per heavy atom. The average molecular weight is 305 g/mol. The van der Waals surface area contributed by atoms with Gasteiger partial charge in [-0.05, 0) is 13.0 Å². The number of alkyl halides is 6. The third kappa shape index (κ3) is 3.14. The molecule has 0 spiro atoms. The number of nitriles is 2. The van der Waals surface area contributed by atoms with E-state index in [1.165, 1.54) is 6.92 Å². The molecule has 0 saturated carbocycles. The molecule has 0 fully saturated rings. The zero-order chi connectivity index (χ0) is 16.4. The molecule has 0 amide bonds. The lowest BCUT2D eigenvalue weighted by atomic mass is 9.94. The molecule has 0 unspecified atom stereocenters. The van der Waals surface area contributed by atoms with Gasteiger partial charge in [-0.1, -0.05) is 0 Å². The molecule has 0 heterocycles. The standard InChI is InChI=1S/C12H5F6N3/c1-2-21-9-3-8(11(13,14)15)6(4-19)10(7(9)5-20)12(16,17)18/h2-3H,1H3. The first-order valence-corrected chi connectivity index (χ1v) is 5.22. The molecular formula is C12H5F6N3. The monoisotopic (exact) mass is 305 g/mol. The Bertz CT molecular complexity index is 671. The van der Waals surface area contributed by atoms with Crippen LogP contribution in [0.4, 0.5) is 32.0 Å². The summed E-state index contributed by atoms with van der Waals surface area (Å²) in [7, 11) is 0. The lowest BCUT2D eigenvalue weighted by Crippen LogP contribution is -2.17. The number of nitrogens with zero attached hydrogens (tertiary/aromatic N) is 3. The molecule has 1 aromatic rings. The van der Waals surface area contributed by atoms with Crippen LogP contribution in [0.5, 0.6) is 0 Å². The zero-order valence-electron chi connectivity index (χ0n) is 10.3. The van der Waals surface area contributed by atoms with E-state index in [-0.39, 0.29) is 6.07 Å². The van der Waals surface area contributed by atoms with E-state index >= 15 is 0 Å². The minimum atomic E-state index is -5.30. The Morgan fingerprint density at radius 2 is 1.52 bits per heavy atom. The molecule has 0 saturated heterocycles. The van der Waals surface area contributed by atoms with Crippen LogP contribution in [0.25, 0.3) is 0 Å². The molecule has 9 heteroatoms.